The molecule has 2 rings (SSSR count). The molecule has 0 fully saturated rings. The first-order valence-electron chi connectivity index (χ1n) is 7.91. The lowest BCUT2D eigenvalue weighted by Crippen LogP contribution is -2.37. The molecule has 2 aromatic carbocycles. The van der Waals surface area contributed by atoms with Gasteiger partial charge in [-0.3, -0.25) is 9.59 Å². The summed E-state index contributed by atoms with van der Waals surface area (Å²) in [5, 5.41) is 12.0. The van der Waals surface area contributed by atoms with Crippen molar-refractivity contribution in [2.75, 3.05) is 23.3 Å². The quantitative estimate of drug-likeness (QED) is 0.820. The Balaban J connectivity index is 2.15. The molecule has 2 aromatic rings. The number of amides is 1. The highest BCUT2D eigenvalue weighted by Crippen LogP contribution is 2.21. The lowest BCUT2D eigenvalue weighted by atomic mass is 10.1. The van der Waals surface area contributed by atoms with Gasteiger partial charge in [-0.25, -0.2) is 0 Å². The zero-order chi connectivity index (χ0) is 17.5. The van der Waals surface area contributed by atoms with Gasteiger partial charge in [-0.05, 0) is 36.6 Å². The number of carboxylic acid groups (broad SMARTS) is 1. The molecular weight excluding hydrogens is 304 g/mol. The first-order valence-corrected chi connectivity index (χ1v) is 7.91. The van der Waals surface area contributed by atoms with Crippen molar-refractivity contribution in [1.29, 1.82) is 0 Å². The zero-order valence-electron chi connectivity index (χ0n) is 14.0. The lowest BCUT2D eigenvalue weighted by Gasteiger charge is -2.23. The molecule has 0 aliphatic carbocycles. The summed E-state index contributed by atoms with van der Waals surface area (Å²) in [7, 11) is 0. The second-order valence-corrected chi connectivity index (χ2v) is 5.60. The molecule has 0 heterocycles. The number of hydrogen-bond donors (Lipinski definition) is 2. The molecule has 0 saturated heterocycles. The summed E-state index contributed by atoms with van der Waals surface area (Å²) < 4.78 is 0. The number of benzene rings is 2. The van der Waals surface area contributed by atoms with Gasteiger partial charge in [-0.15, -0.1) is 0 Å². The Labute approximate surface area is 141 Å². The molecule has 0 spiro atoms. The highest BCUT2D eigenvalue weighted by atomic mass is 16.4. The molecule has 0 radical (unpaired) electrons. The molecule has 2 N–H and O–H groups in total. The number of aliphatic carboxylic acids is 1. The van der Waals surface area contributed by atoms with Gasteiger partial charge in [-0.2, -0.15) is 0 Å². The summed E-state index contributed by atoms with van der Waals surface area (Å²) in [6, 6.07) is 15.0. The fourth-order valence-corrected chi connectivity index (χ4v) is 2.59. The summed E-state index contributed by atoms with van der Waals surface area (Å²) in [4.78, 5) is 25.1. The van der Waals surface area contributed by atoms with E-state index in [1.807, 2.05) is 50.2 Å². The molecule has 0 saturated carbocycles. The maximum atomic E-state index is 12.5. The number of nitrogens with zero attached hydrogens (tertiary/aromatic N) is 1. The van der Waals surface area contributed by atoms with Crippen molar-refractivity contribution in [2.24, 2.45) is 0 Å². The van der Waals surface area contributed by atoms with Crippen molar-refractivity contribution in [2.45, 2.75) is 20.3 Å². The molecule has 0 unspecified atom stereocenters. The third-order valence-corrected chi connectivity index (χ3v) is 3.79. The number of aryl methyl sites for hydroxylation is 2. The van der Waals surface area contributed by atoms with E-state index in [4.69, 9.17) is 5.11 Å². The highest BCUT2D eigenvalue weighted by molar-refractivity contribution is 5.96. The SMILES string of the molecule is CCc1cccc(C)c1NC(=O)CN(CC(=O)O)c1ccccc1. The molecule has 0 atom stereocenters. The Morgan fingerprint density at radius 3 is 2.38 bits per heavy atom. The van der Waals surface area contributed by atoms with E-state index >= 15 is 0 Å². The molecule has 126 valence electrons. The third-order valence-electron chi connectivity index (χ3n) is 3.79. The van der Waals surface area contributed by atoms with Crippen molar-refractivity contribution in [3.05, 3.63) is 59.7 Å². The van der Waals surface area contributed by atoms with Gasteiger partial charge in [0.1, 0.15) is 6.54 Å². The maximum absolute atomic E-state index is 12.5. The average Bonchev–Trinajstić information content (AvgIpc) is 2.56. The number of nitrogens with one attached hydrogen (secondary N) is 1. The molecular formula is C19H22N2O3. The smallest absolute Gasteiger partial charge is 0.323 e. The molecule has 0 aromatic heterocycles. The van der Waals surface area contributed by atoms with Crippen molar-refractivity contribution in [1.82, 2.24) is 0 Å². The van der Waals surface area contributed by atoms with E-state index in [2.05, 4.69) is 5.32 Å². The van der Waals surface area contributed by atoms with E-state index in [1.54, 1.807) is 17.0 Å². The van der Waals surface area contributed by atoms with Crippen LogP contribution in [0.1, 0.15) is 18.1 Å². The van der Waals surface area contributed by atoms with Crippen molar-refractivity contribution in [3.63, 3.8) is 0 Å². The van der Waals surface area contributed by atoms with Crippen LogP contribution in [0.5, 0.6) is 0 Å². The third kappa shape index (κ3) is 4.59. The summed E-state index contributed by atoms with van der Waals surface area (Å²) in [6.45, 7) is 3.73. The summed E-state index contributed by atoms with van der Waals surface area (Å²) in [6.07, 6.45) is 0.814. The van der Waals surface area contributed by atoms with Crippen LogP contribution in [0, 0.1) is 6.92 Å². The number of anilines is 2. The topological polar surface area (TPSA) is 69.6 Å². The van der Waals surface area contributed by atoms with Crippen LogP contribution in [-0.2, 0) is 16.0 Å². The van der Waals surface area contributed by atoms with Gasteiger partial charge in [0, 0.05) is 11.4 Å². The van der Waals surface area contributed by atoms with Gasteiger partial charge >= 0.3 is 5.97 Å². The first-order chi connectivity index (χ1) is 11.5. The van der Waals surface area contributed by atoms with Crippen LogP contribution < -0.4 is 10.2 Å². The molecule has 5 nitrogen and oxygen atoms in total. The number of rotatable bonds is 7. The van der Waals surface area contributed by atoms with Crippen LogP contribution in [0.2, 0.25) is 0 Å². The fraction of sp³-hybridized carbons (Fsp3) is 0.263. The Hall–Kier alpha value is -2.82. The number of carboxylic acids is 1. The average molecular weight is 326 g/mol. The van der Waals surface area contributed by atoms with Gasteiger partial charge in [0.05, 0.1) is 6.54 Å². The highest BCUT2D eigenvalue weighted by Gasteiger charge is 2.16. The normalized spacial score (nSPS) is 10.2. The summed E-state index contributed by atoms with van der Waals surface area (Å²) in [5.74, 6) is -1.21. The monoisotopic (exact) mass is 326 g/mol. The van der Waals surface area contributed by atoms with E-state index in [1.165, 1.54) is 0 Å². The van der Waals surface area contributed by atoms with Gasteiger partial charge in [-0.1, -0.05) is 43.3 Å². The minimum absolute atomic E-state index is 0.0200. The van der Waals surface area contributed by atoms with E-state index in [9.17, 15) is 9.59 Å². The van der Waals surface area contributed by atoms with Crippen molar-refractivity contribution >= 4 is 23.3 Å². The van der Waals surface area contributed by atoms with E-state index < -0.39 is 5.97 Å². The van der Waals surface area contributed by atoms with Crippen LogP contribution >= 0.6 is 0 Å². The van der Waals surface area contributed by atoms with Gasteiger partial charge in [0.2, 0.25) is 5.91 Å². The molecule has 0 aliphatic rings. The molecule has 5 heteroatoms. The minimum Gasteiger partial charge on any atom is -0.480 e. The number of carbonyl (C=O) groups excluding carboxylic acids is 1. The lowest BCUT2D eigenvalue weighted by molar-refractivity contribution is -0.135. The Morgan fingerprint density at radius 1 is 1.04 bits per heavy atom. The van der Waals surface area contributed by atoms with Crippen LogP contribution in [0.3, 0.4) is 0 Å². The maximum Gasteiger partial charge on any atom is 0.323 e. The van der Waals surface area contributed by atoms with E-state index in [0.29, 0.717) is 5.69 Å². The summed E-state index contributed by atoms with van der Waals surface area (Å²) in [5.41, 5.74) is 3.57. The minimum atomic E-state index is -0.975. The molecule has 0 aliphatic heterocycles. The second kappa shape index (κ2) is 8.15. The Bertz CT molecular complexity index is 714. The predicted octanol–water partition coefficient (Wildman–Crippen LogP) is 3.09. The second-order valence-electron chi connectivity index (χ2n) is 5.60. The standard InChI is InChI=1S/C19H22N2O3/c1-3-15-9-7-8-14(2)19(15)20-17(22)12-21(13-18(23)24)16-10-5-4-6-11-16/h4-11H,3,12-13H2,1-2H3,(H,20,22)(H,23,24). The number of para-hydroxylation sites is 2. The van der Waals surface area contributed by atoms with E-state index in [0.717, 1.165) is 23.2 Å². The largest absolute Gasteiger partial charge is 0.480 e. The number of carbonyl (C=O) groups is 2. The van der Waals surface area contributed by atoms with Gasteiger partial charge < -0.3 is 15.3 Å². The molecule has 0 bridgehead atoms. The first kappa shape index (κ1) is 17.5. The number of hydrogen-bond acceptors (Lipinski definition) is 3. The zero-order valence-corrected chi connectivity index (χ0v) is 14.0. The van der Waals surface area contributed by atoms with Crippen LogP contribution in [-0.4, -0.2) is 30.1 Å². The Morgan fingerprint density at radius 2 is 1.75 bits per heavy atom. The van der Waals surface area contributed by atoms with Gasteiger partial charge in [0.15, 0.2) is 0 Å². The summed E-state index contributed by atoms with van der Waals surface area (Å²) >= 11 is 0. The molecule has 24 heavy (non-hydrogen) atoms. The van der Waals surface area contributed by atoms with Gasteiger partial charge in [0.25, 0.3) is 0 Å². The van der Waals surface area contributed by atoms with Crippen LogP contribution in [0.4, 0.5) is 11.4 Å². The molecule has 1 amide bonds. The predicted molar refractivity (Wildman–Crippen MR) is 95.5 cm³/mol. The van der Waals surface area contributed by atoms with Crippen LogP contribution in [0.25, 0.3) is 0 Å². The Kier molecular flexibility index (Phi) is 5.95. The van der Waals surface area contributed by atoms with Crippen molar-refractivity contribution in [3.8, 4) is 0 Å². The van der Waals surface area contributed by atoms with Crippen molar-refractivity contribution < 1.29 is 14.7 Å². The van der Waals surface area contributed by atoms with E-state index in [-0.39, 0.29) is 19.0 Å². The van der Waals surface area contributed by atoms with Crippen LogP contribution in [0.15, 0.2) is 48.5 Å². The fourth-order valence-electron chi connectivity index (χ4n) is 2.59.